The lowest BCUT2D eigenvalue weighted by Gasteiger charge is -2.28. The highest BCUT2D eigenvalue weighted by atomic mass is 16.2. The third kappa shape index (κ3) is 2.95. The van der Waals surface area contributed by atoms with E-state index in [1.54, 1.807) is 4.90 Å². The Kier molecular flexibility index (Phi) is 4.69. The normalized spacial score (nSPS) is 23.5. The zero-order valence-electron chi connectivity index (χ0n) is 14.3. The van der Waals surface area contributed by atoms with Crippen molar-refractivity contribution in [2.24, 2.45) is 11.8 Å². The molecule has 2 aliphatic rings. The summed E-state index contributed by atoms with van der Waals surface area (Å²) in [6.45, 7) is 3.70. The highest BCUT2D eigenvalue weighted by Crippen LogP contribution is 2.38. The van der Waals surface area contributed by atoms with Gasteiger partial charge in [0, 0.05) is 11.7 Å². The first-order valence-electron chi connectivity index (χ1n) is 8.73. The van der Waals surface area contributed by atoms with Gasteiger partial charge >= 0.3 is 0 Å². The fraction of sp³-hybridized carbons (Fsp3) is 0.526. The van der Waals surface area contributed by atoms with Gasteiger partial charge in [-0.3, -0.25) is 19.3 Å². The van der Waals surface area contributed by atoms with Gasteiger partial charge in [-0.25, -0.2) is 0 Å². The van der Waals surface area contributed by atoms with E-state index in [2.05, 4.69) is 0 Å². The van der Waals surface area contributed by atoms with Gasteiger partial charge in [-0.15, -0.1) is 0 Å². The molecule has 2 fully saturated rings. The van der Waals surface area contributed by atoms with Crippen LogP contribution in [0.3, 0.4) is 0 Å². The topological polar surface area (TPSA) is 57.7 Å². The van der Waals surface area contributed by atoms with Crippen molar-refractivity contribution in [3.63, 3.8) is 0 Å². The molecule has 0 radical (unpaired) electrons. The van der Waals surface area contributed by atoms with Gasteiger partial charge in [0.1, 0.15) is 6.54 Å². The number of benzene rings is 1. The minimum atomic E-state index is -0.212. The van der Waals surface area contributed by atoms with Crippen molar-refractivity contribution in [2.75, 3.05) is 11.4 Å². The van der Waals surface area contributed by atoms with E-state index >= 15 is 0 Å². The molecular formula is C19H24N2O3. The SMILES string of the molecule is CC(C)N(C(=O)CN1C(=O)C2CCCCC2C1=O)c1ccccc1. The van der Waals surface area contributed by atoms with Crippen LogP contribution in [0, 0.1) is 11.8 Å². The Morgan fingerprint density at radius 3 is 2.12 bits per heavy atom. The Morgan fingerprint density at radius 1 is 1.08 bits per heavy atom. The highest BCUT2D eigenvalue weighted by Gasteiger charge is 2.48. The monoisotopic (exact) mass is 328 g/mol. The molecule has 1 aliphatic heterocycles. The Balaban J connectivity index is 1.78. The number of hydrogen-bond acceptors (Lipinski definition) is 3. The number of likely N-dealkylation sites (tertiary alicyclic amines) is 1. The third-order valence-corrected chi connectivity index (χ3v) is 5.05. The number of para-hydroxylation sites is 1. The molecule has 2 unspecified atom stereocenters. The second-order valence-electron chi connectivity index (χ2n) is 6.95. The number of imide groups is 1. The van der Waals surface area contributed by atoms with Crippen LogP contribution in [0.5, 0.6) is 0 Å². The van der Waals surface area contributed by atoms with E-state index in [-0.39, 0.29) is 42.1 Å². The van der Waals surface area contributed by atoms with Crippen LogP contribution in [0.25, 0.3) is 0 Å². The van der Waals surface area contributed by atoms with E-state index < -0.39 is 0 Å². The first-order chi connectivity index (χ1) is 11.5. The lowest BCUT2D eigenvalue weighted by atomic mass is 9.81. The number of amides is 3. The number of rotatable bonds is 4. The predicted molar refractivity (Wildman–Crippen MR) is 91.2 cm³/mol. The molecule has 24 heavy (non-hydrogen) atoms. The van der Waals surface area contributed by atoms with E-state index in [1.807, 2.05) is 44.2 Å². The average Bonchev–Trinajstić information content (AvgIpc) is 2.81. The molecule has 128 valence electrons. The van der Waals surface area contributed by atoms with Gasteiger partial charge in [-0.2, -0.15) is 0 Å². The standard InChI is InChI=1S/C19H24N2O3/c1-13(2)21(14-8-4-3-5-9-14)17(22)12-20-18(23)15-10-6-7-11-16(15)19(20)24/h3-5,8-9,13,15-16H,6-7,10-12H2,1-2H3. The maximum atomic E-state index is 12.8. The molecular weight excluding hydrogens is 304 g/mol. The van der Waals surface area contributed by atoms with Gasteiger partial charge in [0.05, 0.1) is 11.8 Å². The molecule has 3 amide bonds. The second kappa shape index (κ2) is 6.75. The smallest absolute Gasteiger partial charge is 0.247 e. The maximum absolute atomic E-state index is 12.8. The Morgan fingerprint density at radius 2 is 1.62 bits per heavy atom. The van der Waals surface area contributed by atoms with Crippen molar-refractivity contribution >= 4 is 23.4 Å². The summed E-state index contributed by atoms with van der Waals surface area (Å²) in [5, 5.41) is 0. The van der Waals surface area contributed by atoms with Crippen LogP contribution < -0.4 is 4.90 Å². The molecule has 1 aliphatic carbocycles. The lowest BCUT2D eigenvalue weighted by molar-refractivity contribution is -0.143. The van der Waals surface area contributed by atoms with E-state index in [0.29, 0.717) is 0 Å². The van der Waals surface area contributed by atoms with Crippen LogP contribution >= 0.6 is 0 Å². The number of hydrogen-bond donors (Lipinski definition) is 0. The number of anilines is 1. The fourth-order valence-corrected chi connectivity index (χ4v) is 3.92. The Hall–Kier alpha value is -2.17. The maximum Gasteiger partial charge on any atom is 0.247 e. The largest absolute Gasteiger partial charge is 0.308 e. The number of carbonyl (C=O) groups excluding carboxylic acids is 3. The zero-order valence-corrected chi connectivity index (χ0v) is 14.3. The Bertz CT molecular complexity index is 617. The first kappa shape index (κ1) is 16.7. The summed E-state index contributed by atoms with van der Waals surface area (Å²) in [4.78, 5) is 40.8. The van der Waals surface area contributed by atoms with Crippen LogP contribution in [0.1, 0.15) is 39.5 Å². The van der Waals surface area contributed by atoms with Gasteiger partial charge in [0.15, 0.2) is 0 Å². The van der Waals surface area contributed by atoms with Crippen LogP contribution in [0.2, 0.25) is 0 Å². The number of carbonyl (C=O) groups is 3. The van der Waals surface area contributed by atoms with E-state index in [4.69, 9.17) is 0 Å². The summed E-state index contributed by atoms with van der Waals surface area (Å²) in [6.07, 6.45) is 3.52. The van der Waals surface area contributed by atoms with Crippen molar-refractivity contribution in [1.82, 2.24) is 4.90 Å². The van der Waals surface area contributed by atoms with Crippen molar-refractivity contribution in [2.45, 2.75) is 45.6 Å². The van der Waals surface area contributed by atoms with Crippen LogP contribution in [-0.4, -0.2) is 35.2 Å². The zero-order chi connectivity index (χ0) is 17.3. The van der Waals surface area contributed by atoms with Crippen LogP contribution in [0.15, 0.2) is 30.3 Å². The van der Waals surface area contributed by atoms with Gasteiger partial charge in [0.25, 0.3) is 0 Å². The van der Waals surface area contributed by atoms with E-state index in [0.717, 1.165) is 31.4 Å². The lowest BCUT2D eigenvalue weighted by Crippen LogP contribution is -2.46. The van der Waals surface area contributed by atoms with Gasteiger partial charge < -0.3 is 4.90 Å². The van der Waals surface area contributed by atoms with Crippen molar-refractivity contribution in [1.29, 1.82) is 0 Å². The molecule has 1 aromatic rings. The minimum absolute atomic E-state index is 0.0463. The summed E-state index contributed by atoms with van der Waals surface area (Å²) in [7, 11) is 0. The molecule has 0 spiro atoms. The molecule has 5 nitrogen and oxygen atoms in total. The van der Waals surface area contributed by atoms with Crippen molar-refractivity contribution in [3.8, 4) is 0 Å². The summed E-state index contributed by atoms with van der Waals surface area (Å²) in [5.41, 5.74) is 0.786. The molecule has 0 aromatic heterocycles. The van der Waals surface area contributed by atoms with Gasteiger partial charge in [-0.1, -0.05) is 31.0 Å². The first-order valence-corrected chi connectivity index (χ1v) is 8.73. The number of fused-ring (bicyclic) bond motifs is 1. The molecule has 1 saturated heterocycles. The molecule has 1 heterocycles. The van der Waals surface area contributed by atoms with Crippen LogP contribution in [0.4, 0.5) is 5.69 Å². The molecule has 3 rings (SSSR count). The van der Waals surface area contributed by atoms with Crippen LogP contribution in [-0.2, 0) is 14.4 Å². The molecule has 0 N–H and O–H groups in total. The highest BCUT2D eigenvalue weighted by molar-refractivity contribution is 6.09. The van der Waals surface area contributed by atoms with Gasteiger partial charge in [-0.05, 0) is 38.8 Å². The summed E-state index contributed by atoms with van der Waals surface area (Å²) in [6, 6.07) is 9.33. The second-order valence-corrected chi connectivity index (χ2v) is 6.95. The van der Waals surface area contributed by atoms with Gasteiger partial charge in [0.2, 0.25) is 17.7 Å². The van der Waals surface area contributed by atoms with Crippen molar-refractivity contribution < 1.29 is 14.4 Å². The summed E-state index contributed by atoms with van der Waals surface area (Å²) in [5.74, 6) is -0.937. The minimum Gasteiger partial charge on any atom is -0.308 e. The molecule has 5 heteroatoms. The van der Waals surface area contributed by atoms with E-state index in [9.17, 15) is 14.4 Å². The molecule has 1 aromatic carbocycles. The number of nitrogens with zero attached hydrogens (tertiary/aromatic N) is 2. The molecule has 2 atom stereocenters. The summed E-state index contributed by atoms with van der Waals surface area (Å²) >= 11 is 0. The predicted octanol–water partition coefficient (Wildman–Crippen LogP) is 2.60. The van der Waals surface area contributed by atoms with Crippen molar-refractivity contribution in [3.05, 3.63) is 30.3 Å². The summed E-state index contributed by atoms with van der Waals surface area (Å²) < 4.78 is 0. The molecule has 0 bridgehead atoms. The quantitative estimate of drug-likeness (QED) is 0.798. The fourth-order valence-electron chi connectivity index (χ4n) is 3.92. The van der Waals surface area contributed by atoms with E-state index in [1.165, 1.54) is 4.90 Å². The third-order valence-electron chi connectivity index (χ3n) is 5.05. The Labute approximate surface area is 142 Å². The average molecular weight is 328 g/mol. The molecule has 1 saturated carbocycles.